The standard InChI is InChI=1S/C21H21N3O5/c1-2-28-18-11-15(8-9-17(18)29-13-19(22)25)10-16-20(26)24(21(27)23-16)12-14-6-4-3-5-7-14/h3-9,11H,2,10,12-13H2,1H3,(H2,22,25). The first-order valence-corrected chi connectivity index (χ1v) is 9.12. The molecule has 0 saturated carbocycles. The fraction of sp³-hybridized carbons (Fsp3) is 0.238. The maximum atomic E-state index is 12.6. The Labute approximate surface area is 167 Å². The van der Waals surface area contributed by atoms with Gasteiger partial charge in [0.25, 0.3) is 11.8 Å². The zero-order chi connectivity index (χ0) is 20.8. The number of aliphatic imine (C=N–C) groups is 1. The maximum Gasteiger partial charge on any atom is 0.351 e. The SMILES string of the molecule is CCOc1cc(CC2=NC(=O)N(Cc3ccccc3)C2=O)ccc1OCC(N)=O. The first-order valence-electron chi connectivity index (χ1n) is 9.12. The Hall–Kier alpha value is -3.68. The minimum Gasteiger partial charge on any atom is -0.490 e. The van der Waals surface area contributed by atoms with E-state index >= 15 is 0 Å². The molecule has 2 N–H and O–H groups in total. The third-order valence-corrected chi connectivity index (χ3v) is 4.19. The van der Waals surface area contributed by atoms with E-state index in [-0.39, 0.29) is 25.3 Å². The Bertz CT molecular complexity index is 956. The number of nitrogens with two attached hydrogens (primary N) is 1. The highest BCUT2D eigenvalue weighted by Gasteiger charge is 2.33. The number of carbonyl (C=O) groups excluding carboxylic acids is 3. The summed E-state index contributed by atoms with van der Waals surface area (Å²) in [5, 5.41) is 0. The van der Waals surface area contributed by atoms with E-state index in [9.17, 15) is 14.4 Å². The molecule has 29 heavy (non-hydrogen) atoms. The summed E-state index contributed by atoms with van der Waals surface area (Å²) >= 11 is 0. The van der Waals surface area contributed by atoms with E-state index < -0.39 is 17.8 Å². The van der Waals surface area contributed by atoms with Crippen LogP contribution < -0.4 is 15.2 Å². The molecule has 0 radical (unpaired) electrons. The van der Waals surface area contributed by atoms with Crippen molar-refractivity contribution in [1.29, 1.82) is 0 Å². The van der Waals surface area contributed by atoms with Crippen LogP contribution in [-0.2, 0) is 22.6 Å². The largest absolute Gasteiger partial charge is 0.490 e. The highest BCUT2D eigenvalue weighted by molar-refractivity contribution is 6.46. The number of amides is 4. The van der Waals surface area contributed by atoms with Gasteiger partial charge in [-0.15, -0.1) is 0 Å². The van der Waals surface area contributed by atoms with Gasteiger partial charge in [0.05, 0.1) is 13.2 Å². The predicted octanol–water partition coefficient (Wildman–Crippen LogP) is 2.10. The molecule has 1 aliphatic rings. The Kier molecular flexibility index (Phi) is 6.23. The van der Waals surface area contributed by atoms with Gasteiger partial charge in [0.1, 0.15) is 5.71 Å². The molecule has 0 aromatic heterocycles. The van der Waals surface area contributed by atoms with Gasteiger partial charge in [0.2, 0.25) is 0 Å². The van der Waals surface area contributed by atoms with E-state index in [1.165, 1.54) is 0 Å². The first kappa shape index (κ1) is 20.1. The molecular weight excluding hydrogens is 374 g/mol. The average molecular weight is 395 g/mol. The van der Waals surface area contributed by atoms with Gasteiger partial charge in [-0.05, 0) is 30.2 Å². The lowest BCUT2D eigenvalue weighted by molar-refractivity contribution is -0.121. The molecule has 0 saturated heterocycles. The van der Waals surface area contributed by atoms with Crippen LogP contribution in [0.1, 0.15) is 18.1 Å². The molecule has 0 aliphatic carbocycles. The lowest BCUT2D eigenvalue weighted by Crippen LogP contribution is -2.32. The molecule has 4 amide bonds. The van der Waals surface area contributed by atoms with Crippen molar-refractivity contribution >= 4 is 23.6 Å². The van der Waals surface area contributed by atoms with Gasteiger partial charge in [-0.1, -0.05) is 36.4 Å². The van der Waals surface area contributed by atoms with Crippen molar-refractivity contribution in [3.63, 3.8) is 0 Å². The van der Waals surface area contributed by atoms with Crippen molar-refractivity contribution in [2.45, 2.75) is 19.9 Å². The highest BCUT2D eigenvalue weighted by Crippen LogP contribution is 2.29. The van der Waals surface area contributed by atoms with E-state index in [1.807, 2.05) is 37.3 Å². The van der Waals surface area contributed by atoms with Gasteiger partial charge in [0.15, 0.2) is 18.1 Å². The third-order valence-electron chi connectivity index (χ3n) is 4.19. The predicted molar refractivity (Wildman–Crippen MR) is 106 cm³/mol. The molecular formula is C21H21N3O5. The third kappa shape index (κ3) is 4.98. The first-order chi connectivity index (χ1) is 14.0. The number of imide groups is 1. The van der Waals surface area contributed by atoms with Crippen LogP contribution in [0.15, 0.2) is 53.5 Å². The number of hydrogen-bond donors (Lipinski definition) is 1. The fourth-order valence-electron chi connectivity index (χ4n) is 2.88. The number of nitrogens with zero attached hydrogens (tertiary/aromatic N) is 2. The van der Waals surface area contributed by atoms with Gasteiger partial charge >= 0.3 is 6.03 Å². The van der Waals surface area contributed by atoms with Crippen molar-refractivity contribution in [2.24, 2.45) is 10.7 Å². The molecule has 2 aromatic rings. The van der Waals surface area contributed by atoms with E-state index in [2.05, 4.69) is 4.99 Å². The smallest absolute Gasteiger partial charge is 0.351 e. The molecule has 1 aliphatic heterocycles. The molecule has 0 fully saturated rings. The highest BCUT2D eigenvalue weighted by atomic mass is 16.5. The van der Waals surface area contributed by atoms with Crippen molar-refractivity contribution in [3.8, 4) is 11.5 Å². The van der Waals surface area contributed by atoms with Crippen LogP contribution in [0.5, 0.6) is 11.5 Å². The number of carbonyl (C=O) groups is 3. The van der Waals surface area contributed by atoms with Crippen molar-refractivity contribution in [1.82, 2.24) is 4.90 Å². The second kappa shape index (κ2) is 9.01. The fourth-order valence-corrected chi connectivity index (χ4v) is 2.88. The monoisotopic (exact) mass is 395 g/mol. The molecule has 8 nitrogen and oxygen atoms in total. The zero-order valence-electron chi connectivity index (χ0n) is 16.0. The van der Waals surface area contributed by atoms with Crippen LogP contribution in [0, 0.1) is 0 Å². The topological polar surface area (TPSA) is 111 Å². The van der Waals surface area contributed by atoms with Crippen LogP contribution in [0.4, 0.5) is 4.79 Å². The maximum absolute atomic E-state index is 12.6. The summed E-state index contributed by atoms with van der Waals surface area (Å²) in [7, 11) is 0. The molecule has 1 heterocycles. The van der Waals surface area contributed by atoms with Gasteiger partial charge in [0, 0.05) is 6.42 Å². The molecule has 0 atom stereocenters. The second-order valence-electron chi connectivity index (χ2n) is 6.36. The lowest BCUT2D eigenvalue weighted by Gasteiger charge is -2.14. The summed E-state index contributed by atoms with van der Waals surface area (Å²) in [5.74, 6) is -0.217. The van der Waals surface area contributed by atoms with Gasteiger partial charge < -0.3 is 15.2 Å². The van der Waals surface area contributed by atoms with Crippen LogP contribution in [0.25, 0.3) is 0 Å². The van der Waals surface area contributed by atoms with Crippen LogP contribution >= 0.6 is 0 Å². The van der Waals surface area contributed by atoms with Crippen molar-refractivity contribution in [3.05, 3.63) is 59.7 Å². The summed E-state index contributed by atoms with van der Waals surface area (Å²) in [6.45, 7) is 2.11. The number of ether oxygens (including phenoxy) is 2. The summed E-state index contributed by atoms with van der Waals surface area (Å²) in [6, 6.07) is 13.7. The number of primary amides is 1. The Morgan fingerprint density at radius 3 is 2.48 bits per heavy atom. The quantitative estimate of drug-likeness (QED) is 0.699. The summed E-state index contributed by atoms with van der Waals surface area (Å²) in [5.41, 5.74) is 6.84. The number of hydrogen-bond acceptors (Lipinski definition) is 5. The number of benzene rings is 2. The zero-order valence-corrected chi connectivity index (χ0v) is 16.0. The summed E-state index contributed by atoms with van der Waals surface area (Å²) < 4.78 is 10.9. The van der Waals surface area contributed by atoms with Gasteiger partial charge in [-0.2, -0.15) is 4.99 Å². The average Bonchev–Trinajstić information content (AvgIpc) is 2.96. The summed E-state index contributed by atoms with van der Waals surface area (Å²) in [6.07, 6.45) is 0.173. The molecule has 150 valence electrons. The van der Waals surface area contributed by atoms with Crippen LogP contribution in [0.3, 0.4) is 0 Å². The minimum absolute atomic E-state index is 0.166. The van der Waals surface area contributed by atoms with E-state index in [4.69, 9.17) is 15.2 Å². The van der Waals surface area contributed by atoms with Gasteiger partial charge in [-0.25, -0.2) is 4.79 Å². The number of rotatable bonds is 9. The van der Waals surface area contributed by atoms with Crippen LogP contribution in [-0.4, -0.2) is 41.7 Å². The van der Waals surface area contributed by atoms with Crippen molar-refractivity contribution < 1.29 is 23.9 Å². The Balaban J connectivity index is 1.73. The van der Waals surface area contributed by atoms with Crippen molar-refractivity contribution in [2.75, 3.05) is 13.2 Å². The summed E-state index contributed by atoms with van der Waals surface area (Å²) in [4.78, 5) is 40.8. The molecule has 0 unspecified atom stereocenters. The molecule has 8 heteroatoms. The second-order valence-corrected chi connectivity index (χ2v) is 6.36. The molecule has 0 spiro atoms. The Morgan fingerprint density at radius 2 is 1.79 bits per heavy atom. The lowest BCUT2D eigenvalue weighted by atomic mass is 10.1. The number of urea groups is 1. The molecule has 0 bridgehead atoms. The van der Waals surface area contributed by atoms with E-state index in [0.29, 0.717) is 18.1 Å². The molecule has 3 rings (SSSR count). The van der Waals surface area contributed by atoms with E-state index in [0.717, 1.165) is 16.0 Å². The molecule has 2 aromatic carbocycles. The minimum atomic E-state index is -0.598. The van der Waals surface area contributed by atoms with E-state index in [1.54, 1.807) is 18.2 Å². The van der Waals surface area contributed by atoms with Crippen LogP contribution in [0.2, 0.25) is 0 Å². The Morgan fingerprint density at radius 1 is 1.03 bits per heavy atom. The van der Waals surface area contributed by atoms with Gasteiger partial charge in [-0.3, -0.25) is 14.5 Å². The normalized spacial score (nSPS) is 13.4.